The highest BCUT2D eigenvalue weighted by Crippen LogP contribution is 2.39. The van der Waals surface area contributed by atoms with E-state index in [0.29, 0.717) is 22.0 Å². The van der Waals surface area contributed by atoms with Gasteiger partial charge < -0.3 is 10.4 Å². The Hall–Kier alpha value is -1.59. The number of nitrogens with one attached hydrogen (secondary N) is 1. The van der Waals surface area contributed by atoms with Crippen LogP contribution in [0.1, 0.15) is 36.8 Å². The molecule has 3 rings (SSSR count). The van der Waals surface area contributed by atoms with Crippen LogP contribution in [0.5, 0.6) is 5.75 Å². The summed E-state index contributed by atoms with van der Waals surface area (Å²) in [6.45, 7) is 4.06. The Morgan fingerprint density at radius 1 is 1.04 bits per heavy atom. The minimum atomic E-state index is 0.0800. The molecule has 1 aliphatic rings. The first-order valence-corrected chi connectivity index (χ1v) is 11.4. The third-order valence-corrected chi connectivity index (χ3v) is 7.95. The molecule has 144 valence electrons. The van der Waals surface area contributed by atoms with Crippen LogP contribution >= 0.6 is 23.5 Å². The third kappa shape index (κ3) is 5.69. The van der Waals surface area contributed by atoms with Gasteiger partial charge in [-0.3, -0.25) is 4.79 Å². The van der Waals surface area contributed by atoms with E-state index in [1.165, 1.54) is 24.2 Å². The summed E-state index contributed by atoms with van der Waals surface area (Å²) < 4.78 is 0. The van der Waals surface area contributed by atoms with Crippen LogP contribution in [0.4, 0.5) is 5.69 Å². The van der Waals surface area contributed by atoms with E-state index in [4.69, 9.17) is 0 Å². The number of aryl methyl sites for hydroxylation is 2. The fourth-order valence-electron chi connectivity index (χ4n) is 3.46. The van der Waals surface area contributed by atoms with Crippen molar-refractivity contribution in [1.82, 2.24) is 0 Å². The van der Waals surface area contributed by atoms with Gasteiger partial charge in [-0.25, -0.2) is 0 Å². The summed E-state index contributed by atoms with van der Waals surface area (Å²) in [5, 5.41) is 13.6. The average Bonchev–Trinajstić information content (AvgIpc) is 2.66. The lowest BCUT2D eigenvalue weighted by Crippen LogP contribution is -2.27. The number of phenolic OH excluding ortho intramolecular Hbond substituents is 1. The monoisotopic (exact) mass is 401 g/mol. The summed E-state index contributed by atoms with van der Waals surface area (Å²) in [5.41, 5.74) is 3.15. The van der Waals surface area contributed by atoms with Gasteiger partial charge in [-0.15, -0.1) is 23.5 Å². The highest BCUT2D eigenvalue weighted by atomic mass is 32.2. The largest absolute Gasteiger partial charge is 0.508 e. The standard InChI is InChI=1S/C22H27NO2S2/c1-15-6-5-7-16(2)22(15)23-21(25)14-26-19-8-3-4-9-20(19)27-18-12-10-17(24)11-13-18/h5-7,10-13,19-20,24H,3-4,8-9,14H2,1-2H3,(H,23,25). The summed E-state index contributed by atoms with van der Waals surface area (Å²) in [6.07, 6.45) is 4.84. The number of hydrogen-bond acceptors (Lipinski definition) is 4. The maximum absolute atomic E-state index is 12.5. The summed E-state index contributed by atoms with van der Waals surface area (Å²) in [7, 11) is 0. The number of amides is 1. The molecule has 1 aliphatic carbocycles. The molecule has 0 saturated heterocycles. The van der Waals surface area contributed by atoms with Crippen LogP contribution in [0.25, 0.3) is 0 Å². The fraction of sp³-hybridized carbons (Fsp3) is 0.409. The molecule has 1 fully saturated rings. The molecule has 0 heterocycles. The van der Waals surface area contributed by atoms with Gasteiger partial charge in [0.15, 0.2) is 0 Å². The molecule has 0 bridgehead atoms. The summed E-state index contributed by atoms with van der Waals surface area (Å²) >= 11 is 3.66. The topological polar surface area (TPSA) is 49.3 Å². The average molecular weight is 402 g/mol. The number of anilines is 1. The molecule has 0 aromatic heterocycles. The van der Waals surface area contributed by atoms with E-state index >= 15 is 0 Å². The number of phenols is 1. The number of aromatic hydroxyl groups is 1. The van der Waals surface area contributed by atoms with E-state index in [9.17, 15) is 9.90 Å². The smallest absolute Gasteiger partial charge is 0.234 e. The molecule has 2 aromatic rings. The number of carbonyl (C=O) groups is 1. The lowest BCUT2D eigenvalue weighted by Gasteiger charge is -2.30. The molecule has 2 unspecified atom stereocenters. The van der Waals surface area contributed by atoms with Crippen molar-refractivity contribution in [2.75, 3.05) is 11.1 Å². The molecule has 0 spiro atoms. The number of hydrogen-bond donors (Lipinski definition) is 2. The maximum atomic E-state index is 12.5. The molecule has 2 atom stereocenters. The molecule has 3 nitrogen and oxygen atoms in total. The van der Waals surface area contributed by atoms with Gasteiger partial charge in [0, 0.05) is 21.1 Å². The van der Waals surface area contributed by atoms with Crippen LogP contribution in [0.3, 0.4) is 0 Å². The summed E-state index contributed by atoms with van der Waals surface area (Å²) in [5.74, 6) is 0.874. The van der Waals surface area contributed by atoms with Crippen molar-refractivity contribution < 1.29 is 9.90 Å². The normalized spacial score (nSPS) is 19.6. The lowest BCUT2D eigenvalue weighted by molar-refractivity contribution is -0.113. The quantitative estimate of drug-likeness (QED) is 0.644. The Bertz CT molecular complexity index is 756. The number of benzene rings is 2. The van der Waals surface area contributed by atoms with Crippen LogP contribution in [-0.2, 0) is 4.79 Å². The first kappa shape index (κ1) is 20.2. The summed E-state index contributed by atoms with van der Waals surface area (Å²) in [6, 6.07) is 13.5. The first-order valence-electron chi connectivity index (χ1n) is 9.46. The fourth-order valence-corrected chi connectivity index (χ4v) is 6.20. The van der Waals surface area contributed by atoms with Crippen LogP contribution in [0.15, 0.2) is 47.4 Å². The number of carbonyl (C=O) groups excluding carboxylic acids is 1. The van der Waals surface area contributed by atoms with Crippen molar-refractivity contribution in [1.29, 1.82) is 0 Å². The maximum Gasteiger partial charge on any atom is 0.234 e. The van der Waals surface area contributed by atoms with Gasteiger partial charge in [0.05, 0.1) is 5.75 Å². The molecule has 0 aliphatic heterocycles. The minimum absolute atomic E-state index is 0.0800. The molecule has 2 N–H and O–H groups in total. The van der Waals surface area contributed by atoms with Crippen LogP contribution in [0.2, 0.25) is 0 Å². The van der Waals surface area contributed by atoms with Crippen LogP contribution in [0, 0.1) is 13.8 Å². The minimum Gasteiger partial charge on any atom is -0.508 e. The van der Waals surface area contributed by atoms with Gasteiger partial charge in [-0.05, 0) is 62.1 Å². The summed E-state index contributed by atoms with van der Waals surface area (Å²) in [4.78, 5) is 13.7. The van der Waals surface area contributed by atoms with E-state index in [1.54, 1.807) is 23.9 Å². The third-order valence-electron chi connectivity index (χ3n) is 4.94. The molecule has 0 radical (unpaired) electrons. The zero-order valence-electron chi connectivity index (χ0n) is 15.9. The second kappa shape index (κ2) is 9.56. The molecule has 1 amide bonds. The van der Waals surface area contributed by atoms with Crippen molar-refractivity contribution in [3.05, 3.63) is 53.6 Å². The Morgan fingerprint density at radius 2 is 1.67 bits per heavy atom. The van der Waals surface area contributed by atoms with Crippen molar-refractivity contribution in [3.63, 3.8) is 0 Å². The van der Waals surface area contributed by atoms with E-state index in [-0.39, 0.29) is 5.91 Å². The van der Waals surface area contributed by atoms with Gasteiger partial charge in [-0.1, -0.05) is 31.0 Å². The number of rotatable bonds is 6. The van der Waals surface area contributed by atoms with E-state index in [2.05, 4.69) is 5.32 Å². The van der Waals surface area contributed by atoms with Gasteiger partial charge in [0.25, 0.3) is 0 Å². The van der Waals surface area contributed by atoms with Gasteiger partial charge in [0.2, 0.25) is 5.91 Å². The lowest BCUT2D eigenvalue weighted by atomic mass is 10.00. The molecular formula is C22H27NO2S2. The number of thioether (sulfide) groups is 2. The second-order valence-corrected chi connectivity index (χ2v) is 9.64. The van der Waals surface area contributed by atoms with Crippen molar-refractivity contribution in [2.45, 2.75) is 54.9 Å². The zero-order valence-corrected chi connectivity index (χ0v) is 17.5. The zero-order chi connectivity index (χ0) is 19.2. The second-order valence-electron chi connectivity index (χ2n) is 7.10. The molecule has 27 heavy (non-hydrogen) atoms. The van der Waals surface area contributed by atoms with Crippen molar-refractivity contribution in [2.24, 2.45) is 0 Å². The van der Waals surface area contributed by atoms with E-state index in [0.717, 1.165) is 23.2 Å². The van der Waals surface area contributed by atoms with Gasteiger partial charge >= 0.3 is 0 Å². The van der Waals surface area contributed by atoms with Crippen molar-refractivity contribution in [3.8, 4) is 5.75 Å². The van der Waals surface area contributed by atoms with Gasteiger partial charge in [0.1, 0.15) is 5.75 Å². The highest BCUT2D eigenvalue weighted by molar-refractivity contribution is 8.04. The van der Waals surface area contributed by atoms with Crippen LogP contribution < -0.4 is 5.32 Å². The predicted octanol–water partition coefficient (Wildman–Crippen LogP) is 5.78. The molecular weight excluding hydrogens is 374 g/mol. The van der Waals surface area contributed by atoms with Crippen molar-refractivity contribution >= 4 is 35.1 Å². The Morgan fingerprint density at radius 3 is 2.33 bits per heavy atom. The van der Waals surface area contributed by atoms with E-state index < -0.39 is 0 Å². The van der Waals surface area contributed by atoms with E-state index in [1.807, 2.05) is 55.9 Å². The Labute approximate surface area is 170 Å². The Kier molecular flexibility index (Phi) is 7.13. The molecule has 1 saturated carbocycles. The molecule has 2 aromatic carbocycles. The highest BCUT2D eigenvalue weighted by Gasteiger charge is 2.27. The SMILES string of the molecule is Cc1cccc(C)c1NC(=O)CSC1CCCCC1Sc1ccc(O)cc1. The molecule has 5 heteroatoms. The predicted molar refractivity (Wildman–Crippen MR) is 117 cm³/mol. The van der Waals surface area contributed by atoms with Crippen LogP contribution in [-0.4, -0.2) is 27.3 Å². The number of para-hydroxylation sites is 1. The Balaban J connectivity index is 1.56. The van der Waals surface area contributed by atoms with Gasteiger partial charge in [-0.2, -0.15) is 0 Å². The first-order chi connectivity index (χ1) is 13.0.